The number of amides is 1. The van der Waals surface area contributed by atoms with E-state index >= 15 is 0 Å². The molecule has 0 saturated carbocycles. The van der Waals surface area contributed by atoms with Crippen LogP contribution < -0.4 is 10.9 Å². The van der Waals surface area contributed by atoms with Crippen molar-refractivity contribution in [3.05, 3.63) is 74.7 Å². The van der Waals surface area contributed by atoms with E-state index in [0.717, 1.165) is 10.0 Å². The molecule has 0 radical (unpaired) electrons. The van der Waals surface area contributed by atoms with Gasteiger partial charge in [-0.2, -0.15) is 0 Å². The number of rotatable bonds is 5. The molecule has 2 aromatic carbocycles. The van der Waals surface area contributed by atoms with Crippen LogP contribution in [0.5, 0.6) is 0 Å². The molecule has 1 aromatic heterocycles. The maximum Gasteiger partial charge on any atom is 0.261 e. The van der Waals surface area contributed by atoms with Gasteiger partial charge in [-0.3, -0.25) is 14.2 Å². The molecule has 1 N–H and O–H groups in total. The predicted molar refractivity (Wildman–Crippen MR) is 106 cm³/mol. The molecule has 0 spiro atoms. The van der Waals surface area contributed by atoms with Gasteiger partial charge in [0.25, 0.3) is 5.56 Å². The molecule has 3 rings (SSSR count). The number of carbonyl (C=O) groups is 1. The summed E-state index contributed by atoms with van der Waals surface area (Å²) in [5, 5.41) is 3.58. The van der Waals surface area contributed by atoms with Gasteiger partial charge in [0.05, 0.1) is 16.9 Å². The van der Waals surface area contributed by atoms with E-state index in [0.29, 0.717) is 23.1 Å². The lowest BCUT2D eigenvalue weighted by Gasteiger charge is -2.16. The van der Waals surface area contributed by atoms with Crippen LogP contribution in [0.1, 0.15) is 30.8 Å². The van der Waals surface area contributed by atoms with E-state index in [1.807, 2.05) is 49.4 Å². The fourth-order valence-electron chi connectivity index (χ4n) is 2.93. The van der Waals surface area contributed by atoms with Crippen molar-refractivity contribution in [2.24, 2.45) is 7.05 Å². The summed E-state index contributed by atoms with van der Waals surface area (Å²) in [6.45, 7) is 1.95. The molecule has 5 nitrogen and oxygen atoms in total. The van der Waals surface area contributed by atoms with Gasteiger partial charge in [-0.1, -0.05) is 46.3 Å². The first-order valence-corrected chi connectivity index (χ1v) is 9.25. The fourth-order valence-corrected chi connectivity index (χ4v) is 3.56. The Bertz CT molecular complexity index is 1010. The quantitative estimate of drug-likeness (QED) is 0.695. The van der Waals surface area contributed by atoms with Crippen LogP contribution in [-0.2, 0) is 18.3 Å². The maximum atomic E-state index is 12.4. The standard InChI is InChI=1S/C20H20BrN3O2/c1-13(14-7-3-5-9-16(14)21)22-19(25)12-11-18-23-17-10-6-4-8-15(17)20(26)24(18)2/h3-10,13H,11-12H2,1-2H3,(H,22,25)/t13-/m0/s1. The zero-order valence-electron chi connectivity index (χ0n) is 14.7. The topological polar surface area (TPSA) is 64.0 Å². The Kier molecular flexibility index (Phi) is 5.52. The van der Waals surface area contributed by atoms with Crippen molar-refractivity contribution in [2.75, 3.05) is 0 Å². The van der Waals surface area contributed by atoms with Crippen molar-refractivity contribution in [3.63, 3.8) is 0 Å². The van der Waals surface area contributed by atoms with Crippen LogP contribution in [0.2, 0.25) is 0 Å². The van der Waals surface area contributed by atoms with Crippen LogP contribution in [0.25, 0.3) is 10.9 Å². The minimum absolute atomic E-state index is 0.0735. The average Bonchev–Trinajstić information content (AvgIpc) is 2.64. The minimum Gasteiger partial charge on any atom is -0.350 e. The maximum absolute atomic E-state index is 12.4. The van der Waals surface area contributed by atoms with Crippen LogP contribution in [0.3, 0.4) is 0 Å². The van der Waals surface area contributed by atoms with Crippen LogP contribution in [0.4, 0.5) is 0 Å². The molecule has 0 saturated heterocycles. The number of nitrogens with one attached hydrogen (secondary N) is 1. The number of hydrogen-bond acceptors (Lipinski definition) is 3. The lowest BCUT2D eigenvalue weighted by atomic mass is 10.1. The molecule has 3 aromatic rings. The van der Waals surface area contributed by atoms with E-state index in [2.05, 4.69) is 26.2 Å². The van der Waals surface area contributed by atoms with Crippen molar-refractivity contribution >= 4 is 32.7 Å². The highest BCUT2D eigenvalue weighted by molar-refractivity contribution is 9.10. The SMILES string of the molecule is C[C@H](NC(=O)CCc1nc2ccccc2c(=O)n1C)c1ccccc1Br. The Balaban J connectivity index is 1.70. The third kappa shape index (κ3) is 3.85. The number of aromatic nitrogens is 2. The van der Waals surface area contributed by atoms with Gasteiger partial charge in [-0.25, -0.2) is 4.98 Å². The average molecular weight is 414 g/mol. The van der Waals surface area contributed by atoms with E-state index < -0.39 is 0 Å². The molecule has 0 unspecified atom stereocenters. The van der Waals surface area contributed by atoms with Crippen LogP contribution >= 0.6 is 15.9 Å². The predicted octanol–water partition coefficient (Wildman–Crippen LogP) is 3.51. The summed E-state index contributed by atoms with van der Waals surface area (Å²) in [5.41, 5.74) is 1.59. The second-order valence-corrected chi connectivity index (χ2v) is 7.07. The molecule has 26 heavy (non-hydrogen) atoms. The van der Waals surface area contributed by atoms with Gasteiger partial charge < -0.3 is 5.32 Å². The Morgan fingerprint density at radius 1 is 1.19 bits per heavy atom. The molecule has 0 aliphatic carbocycles. The van der Waals surface area contributed by atoms with Crippen LogP contribution in [-0.4, -0.2) is 15.5 Å². The van der Waals surface area contributed by atoms with E-state index in [9.17, 15) is 9.59 Å². The third-order valence-electron chi connectivity index (χ3n) is 4.40. The molecule has 134 valence electrons. The second kappa shape index (κ2) is 7.83. The molecule has 0 aliphatic heterocycles. The molecular weight excluding hydrogens is 394 g/mol. The first-order chi connectivity index (χ1) is 12.5. The number of carbonyl (C=O) groups excluding carboxylic acids is 1. The second-order valence-electron chi connectivity index (χ2n) is 6.22. The number of halogens is 1. The highest BCUT2D eigenvalue weighted by Crippen LogP contribution is 2.22. The van der Waals surface area contributed by atoms with Crippen LogP contribution in [0.15, 0.2) is 57.8 Å². The summed E-state index contributed by atoms with van der Waals surface area (Å²) in [7, 11) is 1.69. The minimum atomic E-state index is -0.105. The van der Waals surface area contributed by atoms with Gasteiger partial charge in [0.2, 0.25) is 5.91 Å². The summed E-state index contributed by atoms with van der Waals surface area (Å²) in [4.78, 5) is 29.3. The summed E-state index contributed by atoms with van der Waals surface area (Å²) < 4.78 is 2.48. The van der Waals surface area contributed by atoms with E-state index in [1.165, 1.54) is 4.57 Å². The summed E-state index contributed by atoms with van der Waals surface area (Å²) in [5.74, 6) is 0.535. The molecule has 0 bridgehead atoms. The van der Waals surface area contributed by atoms with Gasteiger partial charge in [-0.05, 0) is 30.7 Å². The highest BCUT2D eigenvalue weighted by atomic mass is 79.9. The van der Waals surface area contributed by atoms with Crippen molar-refractivity contribution in [2.45, 2.75) is 25.8 Å². The number of nitrogens with zero attached hydrogens (tertiary/aromatic N) is 2. The Labute approximate surface area is 160 Å². The number of benzene rings is 2. The molecular formula is C20H20BrN3O2. The van der Waals surface area contributed by atoms with Gasteiger partial charge in [0.15, 0.2) is 0 Å². The van der Waals surface area contributed by atoms with Crippen molar-refractivity contribution in [3.8, 4) is 0 Å². The van der Waals surface area contributed by atoms with Gasteiger partial charge in [-0.15, -0.1) is 0 Å². The number of hydrogen-bond donors (Lipinski definition) is 1. The lowest BCUT2D eigenvalue weighted by molar-refractivity contribution is -0.121. The lowest BCUT2D eigenvalue weighted by Crippen LogP contribution is -2.28. The van der Waals surface area contributed by atoms with Gasteiger partial charge in [0.1, 0.15) is 5.82 Å². The Morgan fingerprint density at radius 3 is 2.65 bits per heavy atom. The van der Waals surface area contributed by atoms with Crippen LogP contribution in [0, 0.1) is 0 Å². The zero-order chi connectivity index (χ0) is 18.7. The molecule has 1 amide bonds. The van der Waals surface area contributed by atoms with Crippen molar-refractivity contribution in [1.29, 1.82) is 0 Å². The number of fused-ring (bicyclic) bond motifs is 1. The molecule has 0 aliphatic rings. The zero-order valence-corrected chi connectivity index (χ0v) is 16.3. The number of para-hydroxylation sites is 1. The van der Waals surface area contributed by atoms with Gasteiger partial charge >= 0.3 is 0 Å². The van der Waals surface area contributed by atoms with E-state index in [-0.39, 0.29) is 23.9 Å². The first-order valence-electron chi connectivity index (χ1n) is 8.46. The molecule has 0 fully saturated rings. The van der Waals surface area contributed by atoms with Crippen molar-refractivity contribution < 1.29 is 4.79 Å². The largest absolute Gasteiger partial charge is 0.350 e. The fraction of sp³-hybridized carbons (Fsp3) is 0.250. The van der Waals surface area contributed by atoms with E-state index in [1.54, 1.807) is 13.1 Å². The third-order valence-corrected chi connectivity index (χ3v) is 5.12. The molecule has 1 atom stereocenters. The number of aryl methyl sites for hydroxylation is 1. The van der Waals surface area contributed by atoms with E-state index in [4.69, 9.17) is 0 Å². The smallest absolute Gasteiger partial charge is 0.261 e. The normalized spacial score (nSPS) is 12.1. The Hall–Kier alpha value is -2.47. The summed E-state index contributed by atoms with van der Waals surface area (Å²) in [6.07, 6.45) is 0.679. The first kappa shape index (κ1) is 18.3. The highest BCUT2D eigenvalue weighted by Gasteiger charge is 2.14. The van der Waals surface area contributed by atoms with Gasteiger partial charge in [0, 0.05) is 24.4 Å². The monoisotopic (exact) mass is 413 g/mol. The van der Waals surface area contributed by atoms with Crippen molar-refractivity contribution in [1.82, 2.24) is 14.9 Å². The summed E-state index contributed by atoms with van der Waals surface area (Å²) >= 11 is 3.50. The summed E-state index contributed by atoms with van der Waals surface area (Å²) in [6, 6.07) is 15.0. The molecule has 1 heterocycles. The Morgan fingerprint density at radius 2 is 1.88 bits per heavy atom. The molecule has 6 heteroatoms.